The summed E-state index contributed by atoms with van der Waals surface area (Å²) in [4.78, 5) is 0. The topological polar surface area (TPSA) is 20.2 Å². The van der Waals surface area contributed by atoms with Crippen molar-refractivity contribution in [3.05, 3.63) is 34.9 Å². The van der Waals surface area contributed by atoms with Gasteiger partial charge in [0.05, 0.1) is 0 Å². The van der Waals surface area contributed by atoms with Gasteiger partial charge in [0, 0.05) is 6.61 Å². The molecule has 1 aromatic rings. The molecule has 0 heterocycles. The Morgan fingerprint density at radius 3 is 2.27 bits per heavy atom. The van der Waals surface area contributed by atoms with Crippen molar-refractivity contribution in [1.29, 1.82) is 0 Å². The molecule has 1 rings (SSSR count). The summed E-state index contributed by atoms with van der Waals surface area (Å²) in [7, 11) is 0. The highest BCUT2D eigenvalue weighted by Gasteiger charge is 2.12. The molecule has 0 aliphatic carbocycles. The fourth-order valence-electron chi connectivity index (χ4n) is 1.74. The first kappa shape index (κ1) is 12.3. The molecule has 0 radical (unpaired) electrons. The minimum absolute atomic E-state index is 0.282. The molecule has 0 spiro atoms. The van der Waals surface area contributed by atoms with E-state index in [1.165, 1.54) is 16.7 Å². The number of benzene rings is 1. The second-order valence-electron chi connectivity index (χ2n) is 4.81. The Bertz CT molecular complexity index is 315. The SMILES string of the molecule is Cc1ccc(CC(CO)C(C)C)cc1C. The molecule has 0 aliphatic rings. The number of hydrogen-bond donors (Lipinski definition) is 1. The molecule has 0 fully saturated rings. The molecular formula is C14H22O. The van der Waals surface area contributed by atoms with Crippen LogP contribution in [-0.2, 0) is 6.42 Å². The standard InChI is InChI=1S/C14H22O/c1-10(2)14(9-15)8-13-6-5-11(3)12(4)7-13/h5-7,10,14-15H,8-9H2,1-4H3. The van der Waals surface area contributed by atoms with Crippen molar-refractivity contribution in [2.75, 3.05) is 6.61 Å². The van der Waals surface area contributed by atoms with E-state index in [2.05, 4.69) is 45.9 Å². The lowest BCUT2D eigenvalue weighted by molar-refractivity contribution is 0.189. The summed E-state index contributed by atoms with van der Waals surface area (Å²) >= 11 is 0. The van der Waals surface area contributed by atoms with E-state index in [4.69, 9.17) is 0 Å². The van der Waals surface area contributed by atoms with E-state index in [-0.39, 0.29) is 6.61 Å². The molecule has 15 heavy (non-hydrogen) atoms. The minimum Gasteiger partial charge on any atom is -0.396 e. The fourth-order valence-corrected chi connectivity index (χ4v) is 1.74. The Hall–Kier alpha value is -0.820. The summed E-state index contributed by atoms with van der Waals surface area (Å²) in [6.07, 6.45) is 0.981. The van der Waals surface area contributed by atoms with Gasteiger partial charge in [0.15, 0.2) is 0 Å². The first-order valence-corrected chi connectivity index (χ1v) is 5.71. The summed E-state index contributed by atoms with van der Waals surface area (Å²) in [5.74, 6) is 0.920. The van der Waals surface area contributed by atoms with Gasteiger partial charge in [-0.15, -0.1) is 0 Å². The zero-order valence-corrected chi connectivity index (χ0v) is 10.2. The molecule has 1 unspecified atom stereocenters. The van der Waals surface area contributed by atoms with E-state index in [1.54, 1.807) is 0 Å². The lowest BCUT2D eigenvalue weighted by Crippen LogP contribution is -2.16. The van der Waals surface area contributed by atoms with Crippen molar-refractivity contribution < 1.29 is 5.11 Å². The monoisotopic (exact) mass is 206 g/mol. The molecule has 0 aromatic heterocycles. The molecule has 0 saturated heterocycles. The van der Waals surface area contributed by atoms with E-state index in [0.29, 0.717) is 11.8 Å². The minimum atomic E-state index is 0.282. The van der Waals surface area contributed by atoms with Gasteiger partial charge >= 0.3 is 0 Å². The van der Waals surface area contributed by atoms with Gasteiger partial charge in [0.1, 0.15) is 0 Å². The molecule has 1 N–H and O–H groups in total. The quantitative estimate of drug-likeness (QED) is 0.802. The molecule has 0 bridgehead atoms. The number of rotatable bonds is 4. The van der Waals surface area contributed by atoms with Crippen molar-refractivity contribution in [2.45, 2.75) is 34.1 Å². The van der Waals surface area contributed by atoms with Crippen LogP contribution in [0.5, 0.6) is 0 Å². The summed E-state index contributed by atoms with van der Waals surface area (Å²) in [5.41, 5.74) is 4.02. The number of hydrogen-bond acceptors (Lipinski definition) is 1. The molecule has 1 aromatic carbocycles. The number of aryl methyl sites for hydroxylation is 2. The van der Waals surface area contributed by atoms with E-state index in [0.717, 1.165) is 6.42 Å². The molecule has 1 heteroatoms. The average Bonchev–Trinajstić information content (AvgIpc) is 2.19. The zero-order valence-electron chi connectivity index (χ0n) is 10.2. The maximum atomic E-state index is 9.28. The van der Waals surface area contributed by atoms with Crippen LogP contribution in [0.4, 0.5) is 0 Å². The van der Waals surface area contributed by atoms with Crippen LogP contribution in [0.1, 0.15) is 30.5 Å². The van der Waals surface area contributed by atoms with Gasteiger partial charge in [-0.25, -0.2) is 0 Å². The largest absolute Gasteiger partial charge is 0.396 e. The van der Waals surface area contributed by atoms with E-state index >= 15 is 0 Å². The third-order valence-electron chi connectivity index (χ3n) is 3.25. The van der Waals surface area contributed by atoms with Crippen LogP contribution in [0.15, 0.2) is 18.2 Å². The Morgan fingerprint density at radius 2 is 1.80 bits per heavy atom. The van der Waals surface area contributed by atoms with Crippen LogP contribution in [0.25, 0.3) is 0 Å². The number of aliphatic hydroxyl groups is 1. The Balaban J connectivity index is 2.75. The smallest absolute Gasteiger partial charge is 0.0464 e. The molecule has 1 nitrogen and oxygen atoms in total. The van der Waals surface area contributed by atoms with Crippen LogP contribution in [0.2, 0.25) is 0 Å². The predicted molar refractivity (Wildman–Crippen MR) is 65.0 cm³/mol. The third-order valence-corrected chi connectivity index (χ3v) is 3.25. The summed E-state index contributed by atoms with van der Waals surface area (Å²) in [6, 6.07) is 6.58. The Kier molecular flexibility index (Phi) is 4.34. The lowest BCUT2D eigenvalue weighted by atomic mass is 9.89. The summed E-state index contributed by atoms with van der Waals surface area (Å²) < 4.78 is 0. The molecule has 84 valence electrons. The molecule has 1 atom stereocenters. The highest BCUT2D eigenvalue weighted by molar-refractivity contribution is 5.30. The number of aliphatic hydroxyl groups excluding tert-OH is 1. The molecule has 0 amide bonds. The Labute approximate surface area is 93.1 Å². The van der Waals surface area contributed by atoms with E-state index in [9.17, 15) is 5.11 Å². The highest BCUT2D eigenvalue weighted by atomic mass is 16.3. The van der Waals surface area contributed by atoms with Gasteiger partial charge in [0.2, 0.25) is 0 Å². The van der Waals surface area contributed by atoms with E-state index < -0.39 is 0 Å². The molecule has 0 saturated carbocycles. The predicted octanol–water partition coefficient (Wildman–Crippen LogP) is 3.11. The van der Waals surface area contributed by atoms with Gasteiger partial charge < -0.3 is 5.11 Å². The van der Waals surface area contributed by atoms with Gasteiger partial charge in [-0.2, -0.15) is 0 Å². The second-order valence-corrected chi connectivity index (χ2v) is 4.81. The van der Waals surface area contributed by atoms with Crippen LogP contribution in [0, 0.1) is 25.7 Å². The normalized spacial score (nSPS) is 13.2. The van der Waals surface area contributed by atoms with Crippen LogP contribution >= 0.6 is 0 Å². The maximum absolute atomic E-state index is 9.28. The van der Waals surface area contributed by atoms with Crippen molar-refractivity contribution in [2.24, 2.45) is 11.8 Å². The Morgan fingerprint density at radius 1 is 1.13 bits per heavy atom. The summed E-state index contributed by atoms with van der Waals surface area (Å²) in [5, 5.41) is 9.28. The zero-order chi connectivity index (χ0) is 11.4. The van der Waals surface area contributed by atoms with Crippen LogP contribution < -0.4 is 0 Å². The van der Waals surface area contributed by atoms with Gasteiger partial charge in [-0.3, -0.25) is 0 Å². The van der Waals surface area contributed by atoms with Crippen LogP contribution in [0.3, 0.4) is 0 Å². The van der Waals surface area contributed by atoms with Gasteiger partial charge in [0.25, 0.3) is 0 Å². The first-order valence-electron chi connectivity index (χ1n) is 5.71. The van der Waals surface area contributed by atoms with Gasteiger partial charge in [-0.05, 0) is 48.8 Å². The average molecular weight is 206 g/mol. The molecule has 0 aliphatic heterocycles. The van der Waals surface area contributed by atoms with Crippen molar-refractivity contribution in [3.8, 4) is 0 Å². The summed E-state index contributed by atoms with van der Waals surface area (Å²) in [6.45, 7) is 8.89. The molecular weight excluding hydrogens is 184 g/mol. The lowest BCUT2D eigenvalue weighted by Gasteiger charge is -2.18. The van der Waals surface area contributed by atoms with Gasteiger partial charge in [-0.1, -0.05) is 32.0 Å². The second kappa shape index (κ2) is 5.32. The van der Waals surface area contributed by atoms with Crippen molar-refractivity contribution in [1.82, 2.24) is 0 Å². The third kappa shape index (κ3) is 3.35. The highest BCUT2D eigenvalue weighted by Crippen LogP contribution is 2.18. The van der Waals surface area contributed by atoms with Crippen molar-refractivity contribution >= 4 is 0 Å². The first-order chi connectivity index (χ1) is 7.04. The fraction of sp³-hybridized carbons (Fsp3) is 0.571. The van der Waals surface area contributed by atoms with Crippen molar-refractivity contribution in [3.63, 3.8) is 0 Å². The van der Waals surface area contributed by atoms with Crippen LogP contribution in [-0.4, -0.2) is 11.7 Å². The van der Waals surface area contributed by atoms with E-state index in [1.807, 2.05) is 0 Å². The maximum Gasteiger partial charge on any atom is 0.0464 e.